The van der Waals surface area contributed by atoms with Crippen LogP contribution in [0.4, 0.5) is 5.82 Å². The maximum absolute atomic E-state index is 11.7. The van der Waals surface area contributed by atoms with Crippen LogP contribution in [-0.2, 0) is 11.2 Å². The van der Waals surface area contributed by atoms with Gasteiger partial charge in [-0.1, -0.05) is 24.6 Å². The van der Waals surface area contributed by atoms with Crippen molar-refractivity contribution in [2.45, 2.75) is 26.7 Å². The zero-order valence-corrected chi connectivity index (χ0v) is 11.8. The number of aromatic nitrogens is 2. The summed E-state index contributed by atoms with van der Waals surface area (Å²) in [4.78, 5) is 11.7. The van der Waals surface area contributed by atoms with Crippen LogP contribution >= 0.6 is 0 Å². The number of aryl methyl sites for hydroxylation is 2. The van der Waals surface area contributed by atoms with Gasteiger partial charge in [-0.15, -0.1) is 0 Å². The molecule has 2 N–H and O–H groups in total. The van der Waals surface area contributed by atoms with Crippen LogP contribution in [0, 0.1) is 6.92 Å². The van der Waals surface area contributed by atoms with E-state index in [1.807, 2.05) is 44.2 Å². The zero-order valence-electron chi connectivity index (χ0n) is 11.8. The van der Waals surface area contributed by atoms with Gasteiger partial charge in [0.15, 0.2) is 5.82 Å². The van der Waals surface area contributed by atoms with Gasteiger partial charge >= 0.3 is 0 Å². The summed E-state index contributed by atoms with van der Waals surface area (Å²) in [7, 11) is 0. The summed E-state index contributed by atoms with van der Waals surface area (Å²) in [6.07, 6.45) is 1.15. The van der Waals surface area contributed by atoms with Crippen molar-refractivity contribution in [3.05, 3.63) is 41.6 Å². The first kappa shape index (κ1) is 14.1. The quantitative estimate of drug-likeness (QED) is 0.850. The Bertz CT molecular complexity index is 561. The van der Waals surface area contributed by atoms with Gasteiger partial charge < -0.3 is 10.1 Å². The lowest BCUT2D eigenvalue weighted by Gasteiger charge is -2.06. The van der Waals surface area contributed by atoms with Crippen LogP contribution in [0.1, 0.15) is 24.6 Å². The lowest BCUT2D eigenvalue weighted by molar-refractivity contribution is -0.116. The van der Waals surface area contributed by atoms with E-state index >= 15 is 0 Å². The number of amides is 1. The highest BCUT2D eigenvalue weighted by molar-refractivity contribution is 5.89. The normalized spacial score (nSPS) is 10.3. The molecule has 0 unspecified atom stereocenters. The summed E-state index contributed by atoms with van der Waals surface area (Å²) >= 11 is 0. The first-order chi connectivity index (χ1) is 9.67. The Hall–Kier alpha value is -2.30. The van der Waals surface area contributed by atoms with Crippen molar-refractivity contribution in [2.75, 3.05) is 11.9 Å². The summed E-state index contributed by atoms with van der Waals surface area (Å²) in [6.45, 7) is 4.39. The lowest BCUT2D eigenvalue weighted by Crippen LogP contribution is -2.15. The number of hydrogen-bond acceptors (Lipinski definition) is 3. The third-order valence-corrected chi connectivity index (χ3v) is 2.90. The molecule has 0 aliphatic carbocycles. The minimum Gasteiger partial charge on any atom is -0.493 e. The van der Waals surface area contributed by atoms with E-state index < -0.39 is 0 Å². The van der Waals surface area contributed by atoms with E-state index in [0.717, 1.165) is 17.9 Å². The second-order valence-corrected chi connectivity index (χ2v) is 4.59. The van der Waals surface area contributed by atoms with Gasteiger partial charge in [-0.05, 0) is 25.5 Å². The second-order valence-electron chi connectivity index (χ2n) is 4.59. The van der Waals surface area contributed by atoms with E-state index in [1.54, 1.807) is 0 Å². The second kappa shape index (κ2) is 6.75. The van der Waals surface area contributed by atoms with Gasteiger partial charge in [-0.2, -0.15) is 5.10 Å². The molecule has 0 fully saturated rings. The van der Waals surface area contributed by atoms with E-state index in [1.165, 1.54) is 5.56 Å². The molecule has 2 aromatic rings. The van der Waals surface area contributed by atoms with Crippen molar-refractivity contribution in [1.29, 1.82) is 0 Å². The first-order valence-electron chi connectivity index (χ1n) is 6.71. The number of benzene rings is 1. The van der Waals surface area contributed by atoms with Crippen molar-refractivity contribution in [3.8, 4) is 5.75 Å². The molecule has 1 amide bonds. The molecule has 5 heteroatoms. The Morgan fingerprint density at radius 2 is 2.10 bits per heavy atom. The van der Waals surface area contributed by atoms with Crippen molar-refractivity contribution in [1.82, 2.24) is 10.2 Å². The lowest BCUT2D eigenvalue weighted by atomic mass is 10.2. The Morgan fingerprint density at radius 3 is 2.75 bits per heavy atom. The van der Waals surface area contributed by atoms with Crippen molar-refractivity contribution < 1.29 is 9.53 Å². The number of carbonyl (C=O) groups excluding carboxylic acids is 1. The Balaban J connectivity index is 1.73. The van der Waals surface area contributed by atoms with E-state index in [9.17, 15) is 4.79 Å². The fraction of sp³-hybridized carbons (Fsp3) is 0.333. The topological polar surface area (TPSA) is 67.0 Å². The maximum Gasteiger partial charge on any atom is 0.229 e. The van der Waals surface area contributed by atoms with Gasteiger partial charge in [0.25, 0.3) is 0 Å². The summed E-state index contributed by atoms with van der Waals surface area (Å²) < 4.78 is 5.51. The van der Waals surface area contributed by atoms with E-state index in [-0.39, 0.29) is 5.91 Å². The standard InChI is InChI=1S/C15H19N3O2/c1-3-12-10-14(18-17-12)16-15(19)8-9-20-13-6-4-11(2)5-7-13/h4-7,10H,3,8-9H2,1-2H3,(H2,16,17,18,19). The van der Waals surface area contributed by atoms with E-state index in [4.69, 9.17) is 4.74 Å². The zero-order chi connectivity index (χ0) is 14.4. The van der Waals surface area contributed by atoms with Gasteiger partial charge in [-0.25, -0.2) is 0 Å². The molecule has 5 nitrogen and oxygen atoms in total. The van der Waals surface area contributed by atoms with Crippen LogP contribution in [0.2, 0.25) is 0 Å². The highest BCUT2D eigenvalue weighted by Gasteiger charge is 2.05. The molecule has 2 rings (SSSR count). The van der Waals surface area contributed by atoms with E-state index in [2.05, 4.69) is 15.5 Å². The molecule has 106 valence electrons. The molecule has 0 aliphatic heterocycles. The SMILES string of the molecule is CCc1cc(NC(=O)CCOc2ccc(C)cc2)n[nH]1. The summed E-state index contributed by atoms with van der Waals surface area (Å²) in [5.74, 6) is 1.23. The number of nitrogens with zero attached hydrogens (tertiary/aromatic N) is 1. The van der Waals surface area contributed by atoms with Gasteiger partial charge in [0, 0.05) is 11.8 Å². The molecule has 0 spiro atoms. The first-order valence-corrected chi connectivity index (χ1v) is 6.71. The largest absolute Gasteiger partial charge is 0.493 e. The molecule has 0 aliphatic rings. The Morgan fingerprint density at radius 1 is 1.35 bits per heavy atom. The van der Waals surface area contributed by atoms with Crippen LogP contribution in [0.25, 0.3) is 0 Å². The number of rotatable bonds is 6. The van der Waals surface area contributed by atoms with Gasteiger partial charge in [-0.3, -0.25) is 9.89 Å². The van der Waals surface area contributed by atoms with Crippen LogP contribution in [0.3, 0.4) is 0 Å². The number of nitrogens with one attached hydrogen (secondary N) is 2. The fourth-order valence-electron chi connectivity index (χ4n) is 1.71. The van der Waals surface area contributed by atoms with Crippen LogP contribution in [-0.4, -0.2) is 22.7 Å². The molecule has 0 saturated carbocycles. The molecular weight excluding hydrogens is 254 g/mol. The Labute approximate surface area is 118 Å². The summed E-state index contributed by atoms with van der Waals surface area (Å²) in [5.41, 5.74) is 2.18. The molecule has 1 aromatic heterocycles. The summed E-state index contributed by atoms with van der Waals surface area (Å²) in [5, 5.41) is 9.59. The highest BCUT2D eigenvalue weighted by Crippen LogP contribution is 2.12. The number of aromatic amines is 1. The molecule has 0 bridgehead atoms. The number of ether oxygens (including phenoxy) is 1. The average molecular weight is 273 g/mol. The van der Waals surface area contributed by atoms with Crippen LogP contribution in [0.15, 0.2) is 30.3 Å². The minimum absolute atomic E-state index is 0.105. The number of H-pyrrole nitrogens is 1. The smallest absolute Gasteiger partial charge is 0.229 e. The molecule has 0 radical (unpaired) electrons. The van der Waals surface area contributed by atoms with Crippen molar-refractivity contribution >= 4 is 11.7 Å². The number of hydrogen-bond donors (Lipinski definition) is 2. The van der Waals surface area contributed by atoms with Crippen molar-refractivity contribution in [2.24, 2.45) is 0 Å². The van der Waals surface area contributed by atoms with Crippen LogP contribution < -0.4 is 10.1 Å². The maximum atomic E-state index is 11.7. The molecule has 1 aromatic carbocycles. The predicted octanol–water partition coefficient (Wildman–Crippen LogP) is 2.69. The molecule has 0 saturated heterocycles. The molecule has 20 heavy (non-hydrogen) atoms. The average Bonchev–Trinajstić information content (AvgIpc) is 2.88. The monoisotopic (exact) mass is 273 g/mol. The molecule has 0 atom stereocenters. The third kappa shape index (κ3) is 4.12. The third-order valence-electron chi connectivity index (χ3n) is 2.90. The molecule has 1 heterocycles. The number of carbonyl (C=O) groups is 1. The van der Waals surface area contributed by atoms with Gasteiger partial charge in [0.1, 0.15) is 5.75 Å². The van der Waals surface area contributed by atoms with Crippen LogP contribution in [0.5, 0.6) is 5.75 Å². The Kier molecular flexibility index (Phi) is 4.76. The predicted molar refractivity (Wildman–Crippen MR) is 77.9 cm³/mol. The van der Waals surface area contributed by atoms with E-state index in [0.29, 0.717) is 18.8 Å². The van der Waals surface area contributed by atoms with Crippen molar-refractivity contribution in [3.63, 3.8) is 0 Å². The van der Waals surface area contributed by atoms with Gasteiger partial charge in [0.05, 0.1) is 13.0 Å². The fourth-order valence-corrected chi connectivity index (χ4v) is 1.71. The summed E-state index contributed by atoms with van der Waals surface area (Å²) in [6, 6.07) is 9.58. The van der Waals surface area contributed by atoms with Gasteiger partial charge in [0.2, 0.25) is 5.91 Å². The molecular formula is C15H19N3O2. The highest BCUT2D eigenvalue weighted by atomic mass is 16.5. The number of anilines is 1. The minimum atomic E-state index is -0.105.